The molecule has 4 rings (SSSR count). The van der Waals surface area contributed by atoms with E-state index in [9.17, 15) is 14.7 Å². The second kappa shape index (κ2) is 5.32. The number of aliphatic hydroxyl groups excluding tert-OH is 1. The number of nitrogens with zero attached hydrogens (tertiary/aromatic N) is 2. The van der Waals surface area contributed by atoms with E-state index in [0.717, 1.165) is 5.56 Å². The highest BCUT2D eigenvalue weighted by Gasteiger charge is 2.64. The van der Waals surface area contributed by atoms with Gasteiger partial charge in [-0.25, -0.2) is 0 Å². The quantitative estimate of drug-likeness (QED) is 0.833. The number of carbonyl (C=O) groups is 2. The van der Waals surface area contributed by atoms with Crippen molar-refractivity contribution in [1.29, 1.82) is 0 Å². The van der Waals surface area contributed by atoms with Crippen LogP contribution in [-0.2, 0) is 15.1 Å². The van der Waals surface area contributed by atoms with Crippen LogP contribution >= 0.6 is 0 Å². The zero-order valence-electron chi connectivity index (χ0n) is 14.0. The van der Waals surface area contributed by atoms with Gasteiger partial charge in [0.05, 0.1) is 12.8 Å². The molecule has 0 unspecified atom stereocenters. The number of anilines is 1. The number of β-lactam (4-membered cyclic amide) rings is 1. The van der Waals surface area contributed by atoms with Gasteiger partial charge in [-0.15, -0.1) is 0 Å². The van der Waals surface area contributed by atoms with Crippen LogP contribution in [0.3, 0.4) is 0 Å². The molecule has 6 heteroatoms. The lowest BCUT2D eigenvalue weighted by Crippen LogP contribution is -2.72. The third-order valence-corrected chi connectivity index (χ3v) is 5.18. The summed E-state index contributed by atoms with van der Waals surface area (Å²) in [6.45, 7) is -0.0850. The first-order valence-corrected chi connectivity index (χ1v) is 8.02. The SMILES string of the molecule is COc1ccc2c(c1)N(C)C(=O)CN1C(=O)[C@@H](O)[C@@]21c1ccccc1. The molecular formula is C19H18N2O4. The van der Waals surface area contributed by atoms with Crippen molar-refractivity contribution in [2.45, 2.75) is 11.6 Å². The van der Waals surface area contributed by atoms with E-state index in [2.05, 4.69) is 0 Å². The van der Waals surface area contributed by atoms with Gasteiger partial charge in [-0.05, 0) is 11.6 Å². The summed E-state index contributed by atoms with van der Waals surface area (Å²) < 4.78 is 5.29. The van der Waals surface area contributed by atoms with Crippen LogP contribution in [-0.4, -0.2) is 48.6 Å². The van der Waals surface area contributed by atoms with Crippen molar-refractivity contribution in [1.82, 2.24) is 4.90 Å². The molecule has 2 aliphatic rings. The van der Waals surface area contributed by atoms with Gasteiger partial charge in [-0.3, -0.25) is 9.59 Å². The fourth-order valence-electron chi connectivity index (χ4n) is 3.85. The van der Waals surface area contributed by atoms with Crippen LogP contribution in [0.4, 0.5) is 5.69 Å². The normalized spacial score (nSPS) is 25.0. The lowest BCUT2D eigenvalue weighted by atomic mass is 9.69. The largest absolute Gasteiger partial charge is 0.497 e. The molecule has 128 valence electrons. The van der Waals surface area contributed by atoms with Crippen molar-refractivity contribution in [3.63, 3.8) is 0 Å². The molecule has 2 aliphatic heterocycles. The molecule has 1 fully saturated rings. The predicted molar refractivity (Wildman–Crippen MR) is 91.3 cm³/mol. The molecule has 1 N–H and O–H groups in total. The van der Waals surface area contributed by atoms with Crippen LogP contribution in [0.2, 0.25) is 0 Å². The van der Waals surface area contributed by atoms with Gasteiger partial charge in [0.15, 0.2) is 6.10 Å². The number of hydrogen-bond donors (Lipinski definition) is 1. The van der Waals surface area contributed by atoms with Gasteiger partial charge in [0, 0.05) is 18.7 Å². The summed E-state index contributed by atoms with van der Waals surface area (Å²) in [5.74, 6) is -0.0444. The van der Waals surface area contributed by atoms with Gasteiger partial charge in [0.2, 0.25) is 5.91 Å². The Bertz CT molecular complexity index is 867. The number of aliphatic hydroxyl groups is 1. The maximum Gasteiger partial charge on any atom is 0.256 e. The Labute approximate surface area is 145 Å². The second-order valence-electron chi connectivity index (χ2n) is 6.30. The number of carbonyl (C=O) groups excluding carboxylic acids is 2. The minimum Gasteiger partial charge on any atom is -0.497 e. The smallest absolute Gasteiger partial charge is 0.256 e. The molecule has 0 aliphatic carbocycles. The molecule has 2 atom stereocenters. The third-order valence-electron chi connectivity index (χ3n) is 5.18. The van der Waals surface area contributed by atoms with Crippen LogP contribution < -0.4 is 9.64 Å². The Morgan fingerprint density at radius 2 is 1.88 bits per heavy atom. The molecule has 6 nitrogen and oxygen atoms in total. The molecule has 2 amide bonds. The van der Waals surface area contributed by atoms with E-state index in [1.165, 1.54) is 9.80 Å². The average molecular weight is 338 g/mol. The van der Waals surface area contributed by atoms with Crippen molar-refractivity contribution in [3.05, 3.63) is 59.7 Å². The molecule has 2 aromatic rings. The van der Waals surface area contributed by atoms with Gasteiger partial charge >= 0.3 is 0 Å². The minimum absolute atomic E-state index is 0.0850. The van der Waals surface area contributed by atoms with Crippen LogP contribution in [0.15, 0.2) is 48.5 Å². The Balaban J connectivity index is 2.04. The minimum atomic E-state index is -1.23. The number of benzene rings is 2. The van der Waals surface area contributed by atoms with E-state index in [1.54, 1.807) is 26.3 Å². The highest BCUT2D eigenvalue weighted by Crippen LogP contribution is 2.52. The van der Waals surface area contributed by atoms with Gasteiger partial charge in [-0.1, -0.05) is 36.4 Å². The fraction of sp³-hybridized carbons (Fsp3) is 0.263. The van der Waals surface area contributed by atoms with Crippen molar-refractivity contribution in [2.24, 2.45) is 0 Å². The molecular weight excluding hydrogens is 320 g/mol. The van der Waals surface area contributed by atoms with E-state index in [-0.39, 0.29) is 12.5 Å². The monoisotopic (exact) mass is 338 g/mol. The van der Waals surface area contributed by atoms with Crippen LogP contribution in [0.5, 0.6) is 5.75 Å². The van der Waals surface area contributed by atoms with Gasteiger partial charge < -0.3 is 19.6 Å². The molecule has 2 heterocycles. The standard InChI is InChI=1S/C19H18N2O4/c1-20-15-10-13(25-2)8-9-14(15)19(12-6-4-3-5-7-12)17(23)18(24)21(19)11-16(20)22/h3-10,17,23H,11H2,1-2H3/t17-,19-/m1/s1. The highest BCUT2D eigenvalue weighted by atomic mass is 16.5. The number of rotatable bonds is 2. The van der Waals surface area contributed by atoms with Gasteiger partial charge in [-0.2, -0.15) is 0 Å². The summed E-state index contributed by atoms with van der Waals surface area (Å²) in [5.41, 5.74) is 1.04. The molecule has 0 saturated carbocycles. The highest BCUT2D eigenvalue weighted by molar-refractivity contribution is 6.04. The summed E-state index contributed by atoms with van der Waals surface area (Å²) in [4.78, 5) is 28.0. The van der Waals surface area contributed by atoms with Crippen molar-refractivity contribution in [3.8, 4) is 5.75 Å². The summed E-state index contributed by atoms with van der Waals surface area (Å²) in [7, 11) is 3.23. The van der Waals surface area contributed by atoms with Crippen molar-refractivity contribution >= 4 is 17.5 Å². The molecule has 1 saturated heterocycles. The van der Waals surface area contributed by atoms with Gasteiger partial charge in [0.25, 0.3) is 5.91 Å². The zero-order chi connectivity index (χ0) is 17.8. The first-order chi connectivity index (χ1) is 12.0. The number of ether oxygens (including phenoxy) is 1. The number of amides is 2. The summed E-state index contributed by atoms with van der Waals surface area (Å²) in [5, 5.41) is 10.7. The molecule has 0 spiro atoms. The van der Waals surface area contributed by atoms with E-state index < -0.39 is 17.6 Å². The van der Waals surface area contributed by atoms with Gasteiger partial charge in [0.1, 0.15) is 17.8 Å². The van der Waals surface area contributed by atoms with E-state index >= 15 is 0 Å². The molecule has 0 radical (unpaired) electrons. The van der Waals surface area contributed by atoms with Crippen LogP contribution in [0, 0.1) is 0 Å². The Morgan fingerprint density at radius 3 is 2.56 bits per heavy atom. The van der Waals surface area contributed by atoms with E-state index in [4.69, 9.17) is 4.74 Å². The molecule has 0 bridgehead atoms. The first kappa shape index (κ1) is 15.7. The van der Waals surface area contributed by atoms with E-state index in [1.807, 2.05) is 36.4 Å². The van der Waals surface area contributed by atoms with Crippen LogP contribution in [0.1, 0.15) is 11.1 Å². The fourth-order valence-corrected chi connectivity index (χ4v) is 3.85. The second-order valence-corrected chi connectivity index (χ2v) is 6.30. The average Bonchev–Trinajstić information content (AvgIpc) is 2.74. The summed E-state index contributed by atoms with van der Waals surface area (Å²) in [6, 6.07) is 14.7. The van der Waals surface area contributed by atoms with Crippen molar-refractivity contribution in [2.75, 3.05) is 25.6 Å². The summed E-state index contributed by atoms with van der Waals surface area (Å²) >= 11 is 0. The lowest BCUT2D eigenvalue weighted by Gasteiger charge is -2.55. The maximum absolute atomic E-state index is 12.6. The first-order valence-electron chi connectivity index (χ1n) is 8.02. The summed E-state index contributed by atoms with van der Waals surface area (Å²) in [6.07, 6.45) is -1.23. The van der Waals surface area contributed by atoms with Crippen molar-refractivity contribution < 1.29 is 19.4 Å². The number of hydrogen-bond acceptors (Lipinski definition) is 4. The number of likely N-dealkylation sites (N-methyl/N-ethyl adjacent to an activating group) is 1. The Kier molecular flexibility index (Phi) is 3.33. The third kappa shape index (κ3) is 1.88. The Hall–Kier alpha value is -2.86. The Morgan fingerprint density at radius 1 is 1.16 bits per heavy atom. The number of fused-ring (bicyclic) bond motifs is 3. The molecule has 25 heavy (non-hydrogen) atoms. The molecule has 0 aromatic heterocycles. The topological polar surface area (TPSA) is 70.1 Å². The number of methoxy groups -OCH3 is 1. The maximum atomic E-state index is 12.6. The lowest BCUT2D eigenvalue weighted by molar-refractivity contribution is -0.181. The van der Waals surface area contributed by atoms with E-state index in [0.29, 0.717) is 17.0 Å². The molecule has 2 aromatic carbocycles. The predicted octanol–water partition coefficient (Wildman–Crippen LogP) is 1.12. The zero-order valence-corrected chi connectivity index (χ0v) is 14.0. The van der Waals surface area contributed by atoms with Crippen LogP contribution in [0.25, 0.3) is 0 Å².